The van der Waals surface area contributed by atoms with E-state index in [1.165, 1.54) is 10.5 Å². The lowest BCUT2D eigenvalue weighted by atomic mass is 9.73. The van der Waals surface area contributed by atoms with Crippen molar-refractivity contribution in [1.82, 2.24) is 9.80 Å². The van der Waals surface area contributed by atoms with Gasteiger partial charge in [0, 0.05) is 46.6 Å². The molecular weight excluding hydrogens is 400 g/mol. The van der Waals surface area contributed by atoms with Crippen LogP contribution >= 0.6 is 0 Å². The summed E-state index contributed by atoms with van der Waals surface area (Å²) in [6.45, 7) is 10.0. The number of methoxy groups -OCH3 is 1. The van der Waals surface area contributed by atoms with Gasteiger partial charge >= 0.3 is 6.09 Å². The van der Waals surface area contributed by atoms with E-state index in [0.717, 1.165) is 6.42 Å². The van der Waals surface area contributed by atoms with Gasteiger partial charge in [0.25, 0.3) is 0 Å². The monoisotopic (exact) mass is 440 g/mol. The number of carbonyl (C=O) groups excluding carboxylic acids is 2. The molecule has 8 heteroatoms. The quantitative estimate of drug-likeness (QED) is 0.384. The van der Waals surface area contributed by atoms with Crippen LogP contribution in [0.1, 0.15) is 47.0 Å². The van der Waals surface area contributed by atoms with Gasteiger partial charge in [-0.05, 0) is 33.6 Å². The van der Waals surface area contributed by atoms with Crippen LogP contribution in [0.15, 0.2) is 11.6 Å². The van der Waals surface area contributed by atoms with Gasteiger partial charge in [0.15, 0.2) is 0 Å². The van der Waals surface area contributed by atoms with Gasteiger partial charge in [-0.2, -0.15) is 0 Å². The fraction of sp³-hybridized carbons (Fsp3) is 0.826. The maximum Gasteiger partial charge on any atom is 0.409 e. The SMILES string of the molecule is CCC(=O)N(C)CCN(C)C(=O)OC1CCC2(CO2)C(C(C)OCC=C(C)C)C1OC. The molecule has 0 N–H and O–H groups in total. The van der Waals surface area contributed by atoms with Crippen LogP contribution < -0.4 is 0 Å². The van der Waals surface area contributed by atoms with Gasteiger partial charge in [-0.3, -0.25) is 4.79 Å². The lowest BCUT2D eigenvalue weighted by molar-refractivity contribution is -0.140. The summed E-state index contributed by atoms with van der Waals surface area (Å²) < 4.78 is 23.6. The minimum Gasteiger partial charge on any atom is -0.443 e. The zero-order chi connectivity index (χ0) is 23.2. The summed E-state index contributed by atoms with van der Waals surface area (Å²) in [6.07, 6.45) is 2.80. The van der Waals surface area contributed by atoms with E-state index >= 15 is 0 Å². The number of nitrogens with zero attached hydrogens (tertiary/aromatic N) is 2. The molecule has 1 spiro atoms. The Bertz CT molecular complexity index is 644. The van der Waals surface area contributed by atoms with Crippen LogP contribution in [0.5, 0.6) is 0 Å². The predicted molar refractivity (Wildman–Crippen MR) is 118 cm³/mol. The fourth-order valence-electron chi connectivity index (χ4n) is 4.27. The minimum atomic E-state index is -0.408. The molecule has 0 bridgehead atoms. The molecule has 1 aliphatic heterocycles. The number of rotatable bonds is 10. The van der Waals surface area contributed by atoms with Gasteiger partial charge in [-0.15, -0.1) is 0 Å². The van der Waals surface area contributed by atoms with Crippen molar-refractivity contribution in [3.05, 3.63) is 11.6 Å². The van der Waals surface area contributed by atoms with E-state index in [1.54, 1.807) is 26.1 Å². The summed E-state index contributed by atoms with van der Waals surface area (Å²) in [5.41, 5.74) is 0.959. The number of likely N-dealkylation sites (N-methyl/N-ethyl adjacent to an activating group) is 2. The number of hydrogen-bond acceptors (Lipinski definition) is 6. The maximum absolute atomic E-state index is 12.7. The first kappa shape index (κ1) is 25.6. The molecule has 0 aromatic carbocycles. The van der Waals surface area contributed by atoms with Gasteiger partial charge in [0.1, 0.15) is 12.2 Å². The van der Waals surface area contributed by atoms with Crippen molar-refractivity contribution in [2.75, 3.05) is 47.5 Å². The molecule has 0 aromatic rings. The van der Waals surface area contributed by atoms with E-state index < -0.39 is 6.09 Å². The zero-order valence-corrected chi connectivity index (χ0v) is 20.2. The molecule has 0 aromatic heterocycles. The second-order valence-corrected chi connectivity index (χ2v) is 8.95. The van der Waals surface area contributed by atoms with Gasteiger partial charge < -0.3 is 28.7 Å². The number of carbonyl (C=O) groups is 2. The van der Waals surface area contributed by atoms with Gasteiger partial charge in [-0.1, -0.05) is 18.6 Å². The summed E-state index contributed by atoms with van der Waals surface area (Å²) in [7, 11) is 5.08. The number of ether oxygens (including phenoxy) is 4. The van der Waals surface area contributed by atoms with Crippen LogP contribution in [-0.2, 0) is 23.7 Å². The van der Waals surface area contributed by atoms with Crippen molar-refractivity contribution >= 4 is 12.0 Å². The predicted octanol–water partition coefficient (Wildman–Crippen LogP) is 2.86. The molecule has 2 fully saturated rings. The molecule has 31 heavy (non-hydrogen) atoms. The molecule has 1 heterocycles. The summed E-state index contributed by atoms with van der Waals surface area (Å²) in [5, 5.41) is 0. The van der Waals surface area contributed by atoms with Crippen LogP contribution in [0.4, 0.5) is 4.79 Å². The molecule has 5 atom stereocenters. The number of amides is 2. The van der Waals surface area contributed by atoms with E-state index in [0.29, 0.717) is 39.1 Å². The Morgan fingerprint density at radius 1 is 1.23 bits per heavy atom. The summed E-state index contributed by atoms with van der Waals surface area (Å²) in [6, 6.07) is 0. The van der Waals surface area contributed by atoms with Gasteiger partial charge in [-0.25, -0.2) is 4.79 Å². The average Bonchev–Trinajstić information content (AvgIpc) is 3.51. The van der Waals surface area contributed by atoms with E-state index in [4.69, 9.17) is 18.9 Å². The second-order valence-electron chi connectivity index (χ2n) is 8.95. The van der Waals surface area contributed by atoms with E-state index in [1.807, 2.05) is 33.8 Å². The Hall–Kier alpha value is -1.64. The highest BCUT2D eigenvalue weighted by Crippen LogP contribution is 2.49. The molecular formula is C23H40N2O6. The Balaban J connectivity index is 1.98. The largest absolute Gasteiger partial charge is 0.443 e. The molecule has 1 saturated carbocycles. The third-order valence-corrected chi connectivity index (χ3v) is 6.39. The molecule has 8 nitrogen and oxygen atoms in total. The van der Waals surface area contributed by atoms with Gasteiger partial charge in [0.05, 0.1) is 24.9 Å². The van der Waals surface area contributed by atoms with E-state index in [2.05, 4.69) is 0 Å². The lowest BCUT2D eigenvalue weighted by Gasteiger charge is -2.43. The molecule has 1 aliphatic carbocycles. The highest BCUT2D eigenvalue weighted by Gasteiger charge is 2.61. The van der Waals surface area contributed by atoms with Crippen LogP contribution in [0.3, 0.4) is 0 Å². The van der Waals surface area contributed by atoms with Crippen molar-refractivity contribution in [3.8, 4) is 0 Å². The Kier molecular flexibility index (Phi) is 9.33. The molecule has 0 radical (unpaired) electrons. The minimum absolute atomic E-state index is 0.0202. The molecule has 178 valence electrons. The highest BCUT2D eigenvalue weighted by molar-refractivity contribution is 5.75. The number of allylic oxidation sites excluding steroid dienone is 1. The Morgan fingerprint density at radius 2 is 1.87 bits per heavy atom. The maximum atomic E-state index is 12.7. The van der Waals surface area contributed by atoms with Crippen LogP contribution in [0.25, 0.3) is 0 Å². The Morgan fingerprint density at radius 3 is 2.42 bits per heavy atom. The van der Waals surface area contributed by atoms with Crippen molar-refractivity contribution < 1.29 is 28.5 Å². The highest BCUT2D eigenvalue weighted by atomic mass is 16.6. The van der Waals surface area contributed by atoms with Crippen molar-refractivity contribution in [3.63, 3.8) is 0 Å². The lowest BCUT2D eigenvalue weighted by Crippen LogP contribution is -2.55. The van der Waals surface area contributed by atoms with Crippen LogP contribution in [0.2, 0.25) is 0 Å². The van der Waals surface area contributed by atoms with Crippen molar-refractivity contribution in [2.45, 2.75) is 70.9 Å². The topological polar surface area (TPSA) is 80.8 Å². The standard InChI is InChI=1S/C23H40N2O6/c1-8-19(26)24(5)12-13-25(6)22(27)31-18-9-11-23(15-30-23)20(21(18)28-7)17(4)29-14-10-16(2)3/h10,17-18,20-21H,8-9,11-15H2,1-7H3. The summed E-state index contributed by atoms with van der Waals surface area (Å²) in [4.78, 5) is 27.5. The second kappa shape index (κ2) is 11.3. The van der Waals surface area contributed by atoms with Crippen LogP contribution in [-0.4, -0.2) is 93.2 Å². The summed E-state index contributed by atoms with van der Waals surface area (Å²) >= 11 is 0. The van der Waals surface area contributed by atoms with Crippen molar-refractivity contribution in [2.24, 2.45) is 5.92 Å². The third-order valence-electron chi connectivity index (χ3n) is 6.39. The van der Waals surface area contributed by atoms with E-state index in [-0.39, 0.29) is 35.7 Å². The van der Waals surface area contributed by atoms with Gasteiger partial charge in [0.2, 0.25) is 5.91 Å². The first-order chi connectivity index (χ1) is 14.6. The zero-order valence-electron chi connectivity index (χ0n) is 20.2. The molecule has 1 saturated heterocycles. The van der Waals surface area contributed by atoms with Crippen LogP contribution in [0, 0.1) is 5.92 Å². The number of epoxide rings is 1. The first-order valence-electron chi connectivity index (χ1n) is 11.2. The summed E-state index contributed by atoms with van der Waals surface area (Å²) in [5.74, 6) is 0.0291. The molecule has 5 unspecified atom stereocenters. The normalized spacial score (nSPS) is 28.0. The number of hydrogen-bond donors (Lipinski definition) is 0. The first-order valence-corrected chi connectivity index (χ1v) is 11.2. The fourth-order valence-corrected chi connectivity index (χ4v) is 4.27. The third kappa shape index (κ3) is 6.67. The van der Waals surface area contributed by atoms with Crippen molar-refractivity contribution in [1.29, 1.82) is 0 Å². The Labute approximate surface area is 186 Å². The smallest absolute Gasteiger partial charge is 0.409 e. The van der Waals surface area contributed by atoms with E-state index in [9.17, 15) is 9.59 Å². The molecule has 2 rings (SSSR count). The molecule has 2 amide bonds. The average molecular weight is 441 g/mol. The molecule has 2 aliphatic rings.